The molecule has 118 valence electrons. The third kappa shape index (κ3) is 3.25. The minimum atomic E-state index is -0.483. The topological polar surface area (TPSA) is 47.6 Å². The molecule has 2 aliphatic rings. The van der Waals surface area contributed by atoms with Gasteiger partial charge in [0.05, 0.1) is 29.5 Å². The Hall–Kier alpha value is -1.59. The van der Waals surface area contributed by atoms with E-state index in [4.69, 9.17) is 21.1 Å². The lowest BCUT2D eigenvalue weighted by Gasteiger charge is -2.22. The van der Waals surface area contributed by atoms with Gasteiger partial charge < -0.3 is 14.8 Å². The summed E-state index contributed by atoms with van der Waals surface area (Å²) >= 11 is 5.70. The molecule has 0 saturated carbocycles. The molecule has 1 aromatic rings. The van der Waals surface area contributed by atoms with Crippen molar-refractivity contribution in [3.8, 4) is 0 Å². The molecule has 0 aliphatic carbocycles. The fraction of sp³-hybridized carbons (Fsp3) is 0.438. The van der Waals surface area contributed by atoms with E-state index in [-0.39, 0.29) is 23.1 Å². The molecular weight excluding hydrogens is 309 g/mol. The van der Waals surface area contributed by atoms with Crippen molar-refractivity contribution in [3.05, 3.63) is 46.4 Å². The Morgan fingerprint density at radius 3 is 2.95 bits per heavy atom. The quantitative estimate of drug-likeness (QED) is 0.929. The zero-order chi connectivity index (χ0) is 15.5. The van der Waals surface area contributed by atoms with Crippen molar-refractivity contribution >= 4 is 17.5 Å². The van der Waals surface area contributed by atoms with E-state index in [1.165, 1.54) is 18.4 Å². The third-order valence-electron chi connectivity index (χ3n) is 3.91. The highest BCUT2D eigenvalue weighted by Crippen LogP contribution is 2.31. The van der Waals surface area contributed by atoms with Crippen LogP contribution in [0.3, 0.4) is 0 Å². The minimum absolute atomic E-state index is 0.0758. The number of amides is 1. The second-order valence-electron chi connectivity index (χ2n) is 5.45. The molecule has 1 N–H and O–H groups in total. The molecule has 0 radical (unpaired) electrons. The minimum Gasteiger partial charge on any atom is -0.501 e. The molecule has 6 heteroatoms. The van der Waals surface area contributed by atoms with Crippen LogP contribution >= 0.6 is 11.6 Å². The molecule has 22 heavy (non-hydrogen) atoms. The van der Waals surface area contributed by atoms with E-state index in [1.54, 1.807) is 6.07 Å². The van der Waals surface area contributed by atoms with E-state index >= 15 is 0 Å². The standard InChI is InChI=1S/C16H17ClFNO3/c17-12-4-3-10(8-13(12)18)15-14(5-7-22-15)19-16(20)11-2-1-6-21-9-11/h3-4,8-9,14-15H,1-2,5-7H2,(H,19,20)/t14-,15-/m1/s1. The van der Waals surface area contributed by atoms with Gasteiger partial charge in [0.1, 0.15) is 11.9 Å². The molecule has 3 rings (SSSR count). The molecule has 0 spiro atoms. The first-order chi connectivity index (χ1) is 10.6. The normalized spacial score (nSPS) is 24.5. The molecule has 2 atom stereocenters. The van der Waals surface area contributed by atoms with Gasteiger partial charge in [-0.05, 0) is 37.0 Å². The second-order valence-corrected chi connectivity index (χ2v) is 5.86. The highest BCUT2D eigenvalue weighted by atomic mass is 35.5. The molecule has 2 aliphatic heterocycles. The largest absolute Gasteiger partial charge is 0.501 e. The highest BCUT2D eigenvalue weighted by molar-refractivity contribution is 6.30. The van der Waals surface area contributed by atoms with Crippen LogP contribution in [0.2, 0.25) is 5.02 Å². The monoisotopic (exact) mass is 325 g/mol. The number of rotatable bonds is 3. The first-order valence-electron chi connectivity index (χ1n) is 7.33. The van der Waals surface area contributed by atoms with Crippen molar-refractivity contribution in [1.82, 2.24) is 5.32 Å². The Morgan fingerprint density at radius 1 is 1.36 bits per heavy atom. The summed E-state index contributed by atoms with van der Waals surface area (Å²) in [6.07, 6.45) is 3.40. The van der Waals surface area contributed by atoms with E-state index in [0.717, 1.165) is 6.42 Å². The summed E-state index contributed by atoms with van der Waals surface area (Å²) in [5.74, 6) is -0.627. The second kappa shape index (κ2) is 6.67. The number of halogens is 2. The van der Waals surface area contributed by atoms with Crippen LogP contribution in [0.1, 0.15) is 30.9 Å². The summed E-state index contributed by atoms with van der Waals surface area (Å²) in [4.78, 5) is 12.2. The number of carbonyl (C=O) groups is 1. The van der Waals surface area contributed by atoms with Gasteiger partial charge in [0.25, 0.3) is 5.91 Å². The number of hydrogen-bond donors (Lipinski definition) is 1. The van der Waals surface area contributed by atoms with Crippen LogP contribution in [-0.2, 0) is 14.3 Å². The molecule has 0 unspecified atom stereocenters. The maximum atomic E-state index is 13.6. The summed E-state index contributed by atoms with van der Waals surface area (Å²) < 4.78 is 24.5. The molecule has 1 fully saturated rings. The van der Waals surface area contributed by atoms with Crippen molar-refractivity contribution in [2.75, 3.05) is 13.2 Å². The van der Waals surface area contributed by atoms with Gasteiger partial charge in [0.15, 0.2) is 0 Å². The molecular formula is C16H17ClFNO3. The SMILES string of the molecule is O=C(N[C@@H]1CCO[C@@H]1c1ccc(Cl)c(F)c1)C1=COCCC1. The smallest absolute Gasteiger partial charge is 0.250 e. The lowest BCUT2D eigenvalue weighted by molar-refractivity contribution is -0.119. The highest BCUT2D eigenvalue weighted by Gasteiger charge is 2.32. The van der Waals surface area contributed by atoms with Crippen molar-refractivity contribution in [2.24, 2.45) is 0 Å². The van der Waals surface area contributed by atoms with Crippen LogP contribution in [0, 0.1) is 5.82 Å². The van der Waals surface area contributed by atoms with E-state index in [2.05, 4.69) is 5.32 Å². The summed E-state index contributed by atoms with van der Waals surface area (Å²) in [5.41, 5.74) is 1.32. The van der Waals surface area contributed by atoms with Gasteiger partial charge in [-0.15, -0.1) is 0 Å². The van der Waals surface area contributed by atoms with Gasteiger partial charge >= 0.3 is 0 Å². The van der Waals surface area contributed by atoms with Crippen LogP contribution in [-0.4, -0.2) is 25.2 Å². The van der Waals surface area contributed by atoms with Crippen LogP contribution in [0.15, 0.2) is 30.0 Å². The number of hydrogen-bond acceptors (Lipinski definition) is 3. The maximum Gasteiger partial charge on any atom is 0.250 e. The summed E-state index contributed by atoms with van der Waals surface area (Å²) in [6.45, 7) is 1.17. The first kappa shape index (κ1) is 15.3. The summed E-state index contributed by atoms with van der Waals surface area (Å²) in [7, 11) is 0. The first-order valence-corrected chi connectivity index (χ1v) is 7.71. The van der Waals surface area contributed by atoms with Crippen molar-refractivity contribution in [3.63, 3.8) is 0 Å². The fourth-order valence-electron chi connectivity index (χ4n) is 2.75. The van der Waals surface area contributed by atoms with E-state index < -0.39 is 5.82 Å². The zero-order valence-electron chi connectivity index (χ0n) is 12.0. The van der Waals surface area contributed by atoms with Crippen molar-refractivity contribution in [2.45, 2.75) is 31.4 Å². The van der Waals surface area contributed by atoms with E-state index in [0.29, 0.717) is 37.2 Å². The van der Waals surface area contributed by atoms with Crippen molar-refractivity contribution < 1.29 is 18.7 Å². The molecule has 0 bridgehead atoms. The van der Waals surface area contributed by atoms with E-state index in [1.807, 2.05) is 0 Å². The lowest BCUT2D eigenvalue weighted by atomic mass is 10.0. The molecule has 1 saturated heterocycles. The Bertz CT molecular complexity index is 605. The van der Waals surface area contributed by atoms with Crippen molar-refractivity contribution in [1.29, 1.82) is 0 Å². The molecule has 2 heterocycles. The van der Waals surface area contributed by atoms with Crippen LogP contribution in [0.25, 0.3) is 0 Å². The summed E-state index contributed by atoms with van der Waals surface area (Å²) in [6, 6.07) is 4.41. The van der Waals surface area contributed by atoms with Gasteiger partial charge in [-0.2, -0.15) is 0 Å². The zero-order valence-corrected chi connectivity index (χ0v) is 12.7. The van der Waals surface area contributed by atoms with Gasteiger partial charge in [-0.1, -0.05) is 17.7 Å². The van der Waals surface area contributed by atoms with Crippen LogP contribution in [0.5, 0.6) is 0 Å². The Kier molecular flexibility index (Phi) is 4.64. The number of ether oxygens (including phenoxy) is 2. The molecule has 0 aromatic heterocycles. The molecule has 1 aromatic carbocycles. The van der Waals surface area contributed by atoms with Crippen LogP contribution < -0.4 is 5.32 Å². The average Bonchev–Trinajstić information content (AvgIpc) is 2.99. The van der Waals surface area contributed by atoms with Gasteiger partial charge in [-0.3, -0.25) is 4.79 Å². The average molecular weight is 326 g/mol. The summed E-state index contributed by atoms with van der Waals surface area (Å²) in [5, 5.41) is 3.04. The number of carbonyl (C=O) groups excluding carboxylic acids is 1. The Balaban J connectivity index is 1.71. The third-order valence-corrected chi connectivity index (χ3v) is 4.21. The predicted molar refractivity (Wildman–Crippen MR) is 79.9 cm³/mol. The molecule has 4 nitrogen and oxygen atoms in total. The van der Waals surface area contributed by atoms with E-state index in [9.17, 15) is 9.18 Å². The Labute approximate surface area is 133 Å². The van der Waals surface area contributed by atoms with Gasteiger partial charge in [-0.25, -0.2) is 4.39 Å². The maximum absolute atomic E-state index is 13.6. The number of nitrogens with one attached hydrogen (secondary N) is 1. The van der Waals surface area contributed by atoms with Crippen LogP contribution in [0.4, 0.5) is 4.39 Å². The number of benzene rings is 1. The molecule has 1 amide bonds. The lowest BCUT2D eigenvalue weighted by Crippen LogP contribution is -2.38. The predicted octanol–water partition coefficient (Wildman–Crippen LogP) is 3.12. The van der Waals surface area contributed by atoms with Gasteiger partial charge in [0.2, 0.25) is 0 Å². The fourth-order valence-corrected chi connectivity index (χ4v) is 2.87. The Morgan fingerprint density at radius 2 is 2.23 bits per heavy atom. The van der Waals surface area contributed by atoms with Gasteiger partial charge in [0, 0.05) is 6.61 Å².